The zero-order valence-corrected chi connectivity index (χ0v) is 14.1. The smallest absolute Gasteiger partial charge is 0.220 e. The molecule has 6 nitrogen and oxygen atoms in total. The van der Waals surface area contributed by atoms with E-state index in [1.54, 1.807) is 18.8 Å². The molecule has 0 bridgehead atoms. The molecule has 0 radical (unpaired) electrons. The van der Waals surface area contributed by atoms with Crippen LogP contribution in [-0.2, 0) is 17.8 Å². The van der Waals surface area contributed by atoms with Crippen molar-refractivity contribution in [2.75, 3.05) is 0 Å². The number of rotatable bonds is 6. The van der Waals surface area contributed by atoms with Crippen LogP contribution in [0.4, 0.5) is 0 Å². The minimum atomic E-state index is -0.00826. The molecule has 1 N–H and O–H groups in total. The van der Waals surface area contributed by atoms with Crippen molar-refractivity contribution in [2.24, 2.45) is 0 Å². The lowest BCUT2D eigenvalue weighted by Gasteiger charge is -2.07. The fourth-order valence-electron chi connectivity index (χ4n) is 2.79. The van der Waals surface area contributed by atoms with Gasteiger partial charge >= 0.3 is 0 Å². The maximum absolute atomic E-state index is 11.9. The largest absolute Gasteiger partial charge is 0.469 e. The first-order chi connectivity index (χ1) is 12.8. The quantitative estimate of drug-likeness (QED) is 0.581. The molecule has 0 spiro atoms. The summed E-state index contributed by atoms with van der Waals surface area (Å²) < 4.78 is 7.17. The summed E-state index contributed by atoms with van der Waals surface area (Å²) >= 11 is 0. The second kappa shape index (κ2) is 7.23. The van der Waals surface area contributed by atoms with Crippen LogP contribution in [0.2, 0.25) is 0 Å². The van der Waals surface area contributed by atoms with Crippen molar-refractivity contribution in [3.63, 3.8) is 0 Å². The van der Waals surface area contributed by atoms with Gasteiger partial charge in [0.2, 0.25) is 5.91 Å². The number of imidazole rings is 1. The van der Waals surface area contributed by atoms with Crippen molar-refractivity contribution in [1.82, 2.24) is 19.9 Å². The minimum absolute atomic E-state index is 0.00826. The number of amides is 1. The Morgan fingerprint density at radius 2 is 2.00 bits per heavy atom. The number of pyridine rings is 1. The third-order valence-corrected chi connectivity index (χ3v) is 4.18. The highest BCUT2D eigenvalue weighted by Gasteiger charge is 2.06. The first-order valence-electron chi connectivity index (χ1n) is 8.46. The summed E-state index contributed by atoms with van der Waals surface area (Å²) in [5.41, 5.74) is 2.89. The van der Waals surface area contributed by atoms with Gasteiger partial charge in [-0.05, 0) is 35.9 Å². The summed E-state index contributed by atoms with van der Waals surface area (Å²) in [5.74, 6) is 1.61. The van der Waals surface area contributed by atoms with E-state index in [1.165, 1.54) is 0 Å². The molecule has 0 saturated carbocycles. The number of hydrogen-bond donors (Lipinski definition) is 1. The number of benzene rings is 1. The first-order valence-corrected chi connectivity index (χ1v) is 8.46. The van der Waals surface area contributed by atoms with Crippen LogP contribution in [-0.4, -0.2) is 20.4 Å². The average molecular weight is 346 g/mol. The topological polar surface area (TPSA) is 73.0 Å². The molecule has 26 heavy (non-hydrogen) atoms. The van der Waals surface area contributed by atoms with Crippen LogP contribution in [0.3, 0.4) is 0 Å². The van der Waals surface area contributed by atoms with Gasteiger partial charge in [0.05, 0.1) is 17.3 Å². The Bertz CT molecular complexity index is 1000. The zero-order chi connectivity index (χ0) is 17.8. The number of nitrogens with one attached hydrogen (secondary N) is 1. The third kappa shape index (κ3) is 3.49. The lowest BCUT2D eigenvalue weighted by atomic mass is 10.2. The molecule has 3 heterocycles. The molecule has 130 valence electrons. The molecular weight excluding hydrogens is 328 g/mol. The standard InChI is InChI=1S/C20H18N4O2/c25-20(10-8-16-4-3-11-26-16)22-13-15-7-9-19(21-12-15)24-14-23-17-5-1-2-6-18(17)24/h1-7,9,11-12,14H,8,10,13H2,(H,22,25). The molecule has 4 aromatic rings. The molecular formula is C20H18N4O2. The highest BCUT2D eigenvalue weighted by Crippen LogP contribution is 2.16. The van der Waals surface area contributed by atoms with Crippen molar-refractivity contribution in [2.45, 2.75) is 19.4 Å². The summed E-state index contributed by atoms with van der Waals surface area (Å²) in [6, 6.07) is 15.5. The van der Waals surface area contributed by atoms with Crippen molar-refractivity contribution >= 4 is 16.9 Å². The molecule has 0 unspecified atom stereocenters. The SMILES string of the molecule is O=C(CCc1ccco1)NCc1ccc(-n2cnc3ccccc32)nc1. The molecule has 0 aliphatic rings. The lowest BCUT2D eigenvalue weighted by molar-refractivity contribution is -0.121. The number of hydrogen-bond acceptors (Lipinski definition) is 4. The molecule has 1 aromatic carbocycles. The molecule has 3 aromatic heterocycles. The van der Waals surface area contributed by atoms with E-state index in [4.69, 9.17) is 4.42 Å². The van der Waals surface area contributed by atoms with Crippen molar-refractivity contribution in [3.8, 4) is 5.82 Å². The summed E-state index contributed by atoms with van der Waals surface area (Å²) in [6.07, 6.45) is 6.16. The van der Waals surface area contributed by atoms with Crippen LogP contribution in [0, 0.1) is 0 Å². The summed E-state index contributed by atoms with van der Waals surface area (Å²) in [7, 11) is 0. The fraction of sp³-hybridized carbons (Fsp3) is 0.150. The monoisotopic (exact) mass is 346 g/mol. The molecule has 0 saturated heterocycles. The maximum atomic E-state index is 11.9. The van der Waals surface area contributed by atoms with Gasteiger partial charge in [0.25, 0.3) is 0 Å². The van der Waals surface area contributed by atoms with Crippen molar-refractivity contribution < 1.29 is 9.21 Å². The van der Waals surface area contributed by atoms with Crippen molar-refractivity contribution in [3.05, 3.63) is 78.6 Å². The van der Waals surface area contributed by atoms with Gasteiger partial charge in [-0.2, -0.15) is 0 Å². The molecule has 0 fully saturated rings. The number of fused-ring (bicyclic) bond motifs is 1. The summed E-state index contributed by atoms with van der Waals surface area (Å²) in [5, 5.41) is 2.91. The Balaban J connectivity index is 1.36. The zero-order valence-electron chi connectivity index (χ0n) is 14.1. The Kier molecular flexibility index (Phi) is 4.47. The van der Waals surface area contributed by atoms with E-state index in [0.29, 0.717) is 19.4 Å². The van der Waals surface area contributed by atoms with Crippen molar-refractivity contribution in [1.29, 1.82) is 0 Å². The van der Waals surface area contributed by atoms with E-state index >= 15 is 0 Å². The predicted octanol–water partition coefficient (Wildman–Crippen LogP) is 3.26. The molecule has 6 heteroatoms. The van der Waals surface area contributed by atoms with Gasteiger partial charge in [0.15, 0.2) is 0 Å². The van der Waals surface area contributed by atoms with Gasteiger partial charge in [-0.3, -0.25) is 9.36 Å². The Labute approximate surface area is 150 Å². The summed E-state index contributed by atoms with van der Waals surface area (Å²) in [6.45, 7) is 0.453. The predicted molar refractivity (Wildman–Crippen MR) is 97.7 cm³/mol. The van der Waals surface area contributed by atoms with Crippen LogP contribution < -0.4 is 5.32 Å². The van der Waals surface area contributed by atoms with Gasteiger partial charge in [-0.1, -0.05) is 18.2 Å². The molecule has 4 rings (SSSR count). The first kappa shape index (κ1) is 16.1. The molecule has 0 atom stereocenters. The van der Waals surface area contributed by atoms with E-state index in [-0.39, 0.29) is 5.91 Å². The van der Waals surface area contributed by atoms with Crippen LogP contribution in [0.5, 0.6) is 0 Å². The molecule has 0 aliphatic heterocycles. The fourth-order valence-corrected chi connectivity index (χ4v) is 2.79. The number of aromatic nitrogens is 3. The van der Waals surface area contributed by atoms with E-state index in [1.807, 2.05) is 53.1 Å². The Morgan fingerprint density at radius 3 is 2.81 bits per heavy atom. The number of furan rings is 1. The number of para-hydroxylation sites is 2. The Morgan fingerprint density at radius 1 is 1.08 bits per heavy atom. The van der Waals surface area contributed by atoms with Gasteiger partial charge < -0.3 is 9.73 Å². The highest BCUT2D eigenvalue weighted by atomic mass is 16.3. The average Bonchev–Trinajstić information content (AvgIpc) is 3.35. The number of aryl methyl sites for hydroxylation is 1. The van der Waals surface area contributed by atoms with E-state index in [0.717, 1.165) is 28.2 Å². The van der Waals surface area contributed by atoms with Crippen LogP contribution in [0.25, 0.3) is 16.9 Å². The van der Waals surface area contributed by atoms with Gasteiger partial charge in [-0.25, -0.2) is 9.97 Å². The number of carbonyl (C=O) groups is 1. The van der Waals surface area contributed by atoms with E-state index in [9.17, 15) is 4.79 Å². The van der Waals surface area contributed by atoms with Gasteiger partial charge in [0.1, 0.15) is 17.9 Å². The van der Waals surface area contributed by atoms with Gasteiger partial charge in [-0.15, -0.1) is 0 Å². The third-order valence-electron chi connectivity index (χ3n) is 4.18. The second-order valence-electron chi connectivity index (χ2n) is 5.98. The lowest BCUT2D eigenvalue weighted by Crippen LogP contribution is -2.23. The number of carbonyl (C=O) groups excluding carboxylic acids is 1. The van der Waals surface area contributed by atoms with Gasteiger partial charge in [0, 0.05) is 25.6 Å². The summed E-state index contributed by atoms with van der Waals surface area (Å²) in [4.78, 5) is 20.8. The van der Waals surface area contributed by atoms with Crippen LogP contribution in [0.15, 0.2) is 71.7 Å². The molecule has 1 amide bonds. The van der Waals surface area contributed by atoms with E-state index < -0.39 is 0 Å². The second-order valence-corrected chi connectivity index (χ2v) is 5.98. The Hall–Kier alpha value is -3.41. The van der Waals surface area contributed by atoms with E-state index in [2.05, 4.69) is 15.3 Å². The minimum Gasteiger partial charge on any atom is -0.469 e. The highest BCUT2D eigenvalue weighted by molar-refractivity contribution is 5.77. The van der Waals surface area contributed by atoms with Crippen LogP contribution in [0.1, 0.15) is 17.7 Å². The number of nitrogens with zero attached hydrogens (tertiary/aromatic N) is 3. The maximum Gasteiger partial charge on any atom is 0.220 e. The normalized spacial score (nSPS) is 10.9. The molecule has 0 aliphatic carbocycles. The van der Waals surface area contributed by atoms with Crippen LogP contribution >= 0.6 is 0 Å².